The van der Waals surface area contributed by atoms with Crippen LogP contribution >= 0.6 is 0 Å². The molecule has 2 rings (SSSR count). The van der Waals surface area contributed by atoms with Gasteiger partial charge in [-0.2, -0.15) is 0 Å². The van der Waals surface area contributed by atoms with Crippen LogP contribution in [0.25, 0.3) is 0 Å². The second-order valence-corrected chi connectivity index (χ2v) is 3.89. The second kappa shape index (κ2) is 5.48. The molecule has 0 unspecified atom stereocenters. The summed E-state index contributed by atoms with van der Waals surface area (Å²) < 4.78 is 32.0. The third-order valence-electron chi connectivity index (χ3n) is 2.48. The van der Waals surface area contributed by atoms with Gasteiger partial charge >= 0.3 is 0 Å². The van der Waals surface area contributed by atoms with E-state index in [-0.39, 0.29) is 17.9 Å². The van der Waals surface area contributed by atoms with Gasteiger partial charge in [0.05, 0.1) is 0 Å². The minimum atomic E-state index is -0.930. The minimum Gasteiger partial charge on any atom is -0.508 e. The number of rotatable bonds is 4. The molecule has 98 valence electrons. The number of carbonyl (C=O) groups excluding carboxylic acids is 1. The molecular formula is C14H10F2O3. The zero-order valence-electron chi connectivity index (χ0n) is 9.77. The first-order valence-electron chi connectivity index (χ1n) is 5.45. The van der Waals surface area contributed by atoms with Gasteiger partial charge in [0.25, 0.3) is 0 Å². The normalized spacial score (nSPS) is 10.2. The van der Waals surface area contributed by atoms with Crippen LogP contribution in [-0.2, 0) is 6.61 Å². The first-order valence-corrected chi connectivity index (χ1v) is 5.45. The first kappa shape index (κ1) is 13.0. The molecule has 0 bridgehead atoms. The number of carbonyl (C=O) groups is 1. The zero-order valence-corrected chi connectivity index (χ0v) is 9.77. The van der Waals surface area contributed by atoms with Crippen molar-refractivity contribution in [2.24, 2.45) is 0 Å². The van der Waals surface area contributed by atoms with Crippen molar-refractivity contribution in [1.29, 1.82) is 0 Å². The molecule has 0 aromatic heterocycles. The van der Waals surface area contributed by atoms with Crippen molar-refractivity contribution < 1.29 is 23.4 Å². The summed E-state index contributed by atoms with van der Waals surface area (Å²) in [4.78, 5) is 10.4. The van der Waals surface area contributed by atoms with Gasteiger partial charge in [-0.25, -0.2) is 8.78 Å². The zero-order chi connectivity index (χ0) is 13.8. The molecule has 5 heteroatoms. The largest absolute Gasteiger partial charge is 0.508 e. The minimum absolute atomic E-state index is 0.0471. The Morgan fingerprint density at radius 2 is 1.68 bits per heavy atom. The maximum atomic E-state index is 13.5. The van der Waals surface area contributed by atoms with Crippen LogP contribution in [0.5, 0.6) is 11.5 Å². The summed E-state index contributed by atoms with van der Waals surface area (Å²) in [6, 6.07) is 7.85. The number of phenols is 1. The molecule has 0 amide bonds. The number of phenolic OH excluding ortho intramolecular Hbond substituents is 1. The predicted octanol–water partition coefficient (Wildman–Crippen LogP) is 3.06. The molecule has 3 nitrogen and oxygen atoms in total. The molecule has 0 aliphatic rings. The summed E-state index contributed by atoms with van der Waals surface area (Å²) in [7, 11) is 0. The van der Waals surface area contributed by atoms with Gasteiger partial charge in [0.2, 0.25) is 0 Å². The van der Waals surface area contributed by atoms with E-state index >= 15 is 0 Å². The number of aldehydes is 1. The van der Waals surface area contributed by atoms with Gasteiger partial charge in [0.1, 0.15) is 18.6 Å². The maximum Gasteiger partial charge on any atom is 0.191 e. The Balaban J connectivity index is 2.15. The molecule has 0 heterocycles. The summed E-state index contributed by atoms with van der Waals surface area (Å²) >= 11 is 0. The fourth-order valence-electron chi connectivity index (χ4n) is 1.53. The SMILES string of the molecule is O=Cc1cc(F)c(OCc2ccc(O)cc2)c(F)c1. The van der Waals surface area contributed by atoms with E-state index in [9.17, 15) is 13.6 Å². The molecule has 0 spiro atoms. The van der Waals surface area contributed by atoms with E-state index in [4.69, 9.17) is 9.84 Å². The van der Waals surface area contributed by atoms with Gasteiger partial charge in [-0.3, -0.25) is 4.79 Å². The molecule has 0 saturated carbocycles. The molecule has 0 atom stereocenters. The van der Waals surface area contributed by atoms with Gasteiger partial charge in [-0.15, -0.1) is 0 Å². The Morgan fingerprint density at radius 1 is 1.11 bits per heavy atom. The van der Waals surface area contributed by atoms with Crippen LogP contribution < -0.4 is 4.74 Å². The average Bonchev–Trinajstić information content (AvgIpc) is 2.39. The summed E-state index contributed by atoms with van der Waals surface area (Å²) in [5, 5.41) is 9.09. The van der Waals surface area contributed by atoms with Crippen molar-refractivity contribution in [3.8, 4) is 11.5 Å². The second-order valence-electron chi connectivity index (χ2n) is 3.89. The maximum absolute atomic E-state index is 13.5. The lowest BCUT2D eigenvalue weighted by Gasteiger charge is -2.09. The van der Waals surface area contributed by atoms with Gasteiger partial charge in [-0.05, 0) is 29.8 Å². The van der Waals surface area contributed by atoms with Gasteiger partial charge < -0.3 is 9.84 Å². The number of hydrogen-bond donors (Lipinski definition) is 1. The lowest BCUT2D eigenvalue weighted by molar-refractivity contribution is 0.112. The Hall–Kier alpha value is -2.43. The molecule has 1 N–H and O–H groups in total. The number of hydrogen-bond acceptors (Lipinski definition) is 3. The van der Waals surface area contributed by atoms with Gasteiger partial charge in [0, 0.05) is 5.56 Å². The van der Waals surface area contributed by atoms with Crippen LogP contribution in [0.4, 0.5) is 8.78 Å². The molecule has 0 aliphatic carbocycles. The van der Waals surface area contributed by atoms with Crippen LogP contribution in [0.15, 0.2) is 36.4 Å². The standard InChI is InChI=1S/C14H10F2O3/c15-12-5-10(7-17)6-13(16)14(12)19-8-9-1-3-11(18)4-2-9/h1-7,18H,8H2. The highest BCUT2D eigenvalue weighted by molar-refractivity contribution is 5.75. The van der Waals surface area contributed by atoms with E-state index in [0.29, 0.717) is 11.8 Å². The number of aromatic hydroxyl groups is 1. The van der Waals surface area contributed by atoms with Crippen molar-refractivity contribution in [2.45, 2.75) is 6.61 Å². The highest BCUT2D eigenvalue weighted by Gasteiger charge is 2.12. The number of halogens is 2. The van der Waals surface area contributed by atoms with Gasteiger partial charge in [0.15, 0.2) is 17.4 Å². The van der Waals surface area contributed by atoms with Crippen LogP contribution in [0.3, 0.4) is 0 Å². The quantitative estimate of drug-likeness (QED) is 0.863. The van der Waals surface area contributed by atoms with E-state index in [1.165, 1.54) is 12.1 Å². The molecule has 0 fully saturated rings. The van der Waals surface area contributed by atoms with Crippen LogP contribution in [0.2, 0.25) is 0 Å². The first-order chi connectivity index (χ1) is 9.10. The smallest absolute Gasteiger partial charge is 0.191 e. The number of benzene rings is 2. The summed E-state index contributed by atoms with van der Waals surface area (Å²) in [5.41, 5.74) is 0.558. The molecule has 19 heavy (non-hydrogen) atoms. The van der Waals surface area contributed by atoms with E-state index < -0.39 is 17.4 Å². The lowest BCUT2D eigenvalue weighted by Crippen LogP contribution is -2.01. The summed E-state index contributed by atoms with van der Waals surface area (Å²) in [6.45, 7) is -0.0471. The Bertz CT molecular complexity index is 571. The fraction of sp³-hybridized carbons (Fsp3) is 0.0714. The lowest BCUT2D eigenvalue weighted by atomic mass is 10.2. The van der Waals surface area contributed by atoms with Crippen molar-refractivity contribution in [3.63, 3.8) is 0 Å². The fourth-order valence-corrected chi connectivity index (χ4v) is 1.53. The third kappa shape index (κ3) is 3.07. The average molecular weight is 264 g/mol. The van der Waals surface area contributed by atoms with Crippen LogP contribution in [0, 0.1) is 11.6 Å². The van der Waals surface area contributed by atoms with E-state index in [1.54, 1.807) is 12.1 Å². The Morgan fingerprint density at radius 3 is 2.21 bits per heavy atom. The molecule has 0 radical (unpaired) electrons. The molecule has 2 aromatic rings. The van der Waals surface area contributed by atoms with Crippen LogP contribution in [0.1, 0.15) is 15.9 Å². The Labute approximate surface area is 108 Å². The van der Waals surface area contributed by atoms with Crippen molar-refractivity contribution in [1.82, 2.24) is 0 Å². The Kier molecular flexibility index (Phi) is 3.75. The number of ether oxygens (including phenoxy) is 1. The van der Waals surface area contributed by atoms with Crippen molar-refractivity contribution in [3.05, 3.63) is 59.2 Å². The molecular weight excluding hydrogens is 254 g/mol. The van der Waals surface area contributed by atoms with Gasteiger partial charge in [-0.1, -0.05) is 12.1 Å². The molecule has 0 aliphatic heterocycles. The third-order valence-corrected chi connectivity index (χ3v) is 2.48. The van der Waals surface area contributed by atoms with E-state index in [0.717, 1.165) is 12.1 Å². The van der Waals surface area contributed by atoms with E-state index in [2.05, 4.69) is 0 Å². The topological polar surface area (TPSA) is 46.5 Å². The van der Waals surface area contributed by atoms with Crippen molar-refractivity contribution in [2.75, 3.05) is 0 Å². The van der Waals surface area contributed by atoms with Crippen LogP contribution in [-0.4, -0.2) is 11.4 Å². The van der Waals surface area contributed by atoms with E-state index in [1.807, 2.05) is 0 Å². The highest BCUT2D eigenvalue weighted by Crippen LogP contribution is 2.24. The monoisotopic (exact) mass is 264 g/mol. The summed E-state index contributed by atoms with van der Waals surface area (Å²) in [6.07, 6.45) is 0.357. The highest BCUT2D eigenvalue weighted by atomic mass is 19.1. The molecule has 2 aromatic carbocycles. The predicted molar refractivity (Wildman–Crippen MR) is 64.2 cm³/mol. The van der Waals surface area contributed by atoms with Crippen molar-refractivity contribution >= 4 is 6.29 Å². The summed E-state index contributed by atoms with van der Waals surface area (Å²) in [5.74, 6) is -2.29. The molecule has 0 saturated heterocycles.